The molecule has 3 aromatic rings. The van der Waals surface area contributed by atoms with Gasteiger partial charge in [0, 0.05) is 31.1 Å². The largest absolute Gasteiger partial charge is 0.493 e. The number of nitrogens with one attached hydrogen (secondary N) is 1. The first-order valence-corrected chi connectivity index (χ1v) is 10.5. The third-order valence-electron chi connectivity index (χ3n) is 4.77. The van der Waals surface area contributed by atoms with E-state index in [0.29, 0.717) is 33.9 Å². The Hall–Kier alpha value is -2.82. The van der Waals surface area contributed by atoms with Crippen molar-refractivity contribution in [2.24, 2.45) is 0 Å². The number of ether oxygens (including phenoxy) is 3. The predicted octanol–water partition coefficient (Wildman–Crippen LogP) is 2.75. The van der Waals surface area contributed by atoms with Gasteiger partial charge in [0.2, 0.25) is 0 Å². The lowest BCUT2D eigenvalue weighted by atomic mass is 10.2. The molecule has 0 bridgehead atoms. The fourth-order valence-electron chi connectivity index (χ4n) is 3.23. The molecule has 9 nitrogen and oxygen atoms in total. The highest BCUT2D eigenvalue weighted by atomic mass is 32.1. The van der Waals surface area contributed by atoms with Gasteiger partial charge in [-0.05, 0) is 12.5 Å². The molecule has 1 N–H and O–H groups in total. The van der Waals surface area contributed by atoms with E-state index in [1.54, 1.807) is 7.11 Å². The number of benzene rings is 1. The number of fused-ring (bicyclic) bond motifs is 1. The zero-order chi connectivity index (χ0) is 20.8. The summed E-state index contributed by atoms with van der Waals surface area (Å²) < 4.78 is 16.9. The number of hydrogen-bond acceptors (Lipinski definition) is 10. The van der Waals surface area contributed by atoms with Gasteiger partial charge < -0.3 is 19.5 Å². The summed E-state index contributed by atoms with van der Waals surface area (Å²) in [6.45, 7) is 5.10. The summed E-state index contributed by atoms with van der Waals surface area (Å²) in [7, 11) is 1.61. The number of aromatic nitrogens is 3. The minimum absolute atomic E-state index is 0.543. The molecule has 0 amide bonds. The Balaban J connectivity index is 1.47. The van der Waals surface area contributed by atoms with Crippen LogP contribution in [-0.4, -0.2) is 72.7 Å². The highest BCUT2D eigenvalue weighted by Gasteiger charge is 2.14. The molecule has 0 spiro atoms. The molecule has 2 aromatic heterocycles. The van der Waals surface area contributed by atoms with Gasteiger partial charge in [-0.1, -0.05) is 11.3 Å². The molecule has 1 aliphatic rings. The topological polar surface area (TPSA) is 98.7 Å². The van der Waals surface area contributed by atoms with Gasteiger partial charge in [-0.25, -0.2) is 15.0 Å². The van der Waals surface area contributed by atoms with Crippen LogP contribution in [0, 0.1) is 0 Å². The van der Waals surface area contributed by atoms with Gasteiger partial charge in [-0.3, -0.25) is 9.69 Å². The summed E-state index contributed by atoms with van der Waals surface area (Å²) in [5.74, 6) is 1.84. The van der Waals surface area contributed by atoms with Crippen LogP contribution in [0.15, 0.2) is 24.7 Å². The summed E-state index contributed by atoms with van der Waals surface area (Å²) in [4.78, 5) is 26.7. The maximum Gasteiger partial charge on any atom is 0.188 e. The van der Waals surface area contributed by atoms with Crippen LogP contribution in [0.5, 0.6) is 11.5 Å². The molecule has 10 heteroatoms. The second-order valence-corrected chi connectivity index (χ2v) is 7.77. The normalized spacial score (nSPS) is 14.6. The molecule has 0 unspecified atom stereocenters. The molecule has 158 valence electrons. The lowest BCUT2D eigenvalue weighted by Gasteiger charge is -2.26. The molecular formula is C20H23N5O4S. The fraction of sp³-hybridized carbons (Fsp3) is 0.400. The maximum absolute atomic E-state index is 10.9. The number of morpholine rings is 1. The van der Waals surface area contributed by atoms with E-state index in [2.05, 4.69) is 25.2 Å². The molecule has 0 saturated carbocycles. The molecule has 1 aliphatic heterocycles. The minimum Gasteiger partial charge on any atom is -0.493 e. The van der Waals surface area contributed by atoms with E-state index < -0.39 is 0 Å². The van der Waals surface area contributed by atoms with E-state index >= 15 is 0 Å². The van der Waals surface area contributed by atoms with Crippen molar-refractivity contribution in [2.75, 3.05) is 51.9 Å². The smallest absolute Gasteiger partial charge is 0.188 e. The van der Waals surface area contributed by atoms with E-state index in [-0.39, 0.29) is 0 Å². The van der Waals surface area contributed by atoms with Crippen LogP contribution >= 0.6 is 11.3 Å². The van der Waals surface area contributed by atoms with Gasteiger partial charge in [0.05, 0.1) is 43.5 Å². The Morgan fingerprint density at radius 1 is 1.23 bits per heavy atom. The number of anilines is 2. The number of aldehydes is 1. The molecule has 0 radical (unpaired) electrons. The highest BCUT2D eigenvalue weighted by Crippen LogP contribution is 2.35. The summed E-state index contributed by atoms with van der Waals surface area (Å²) in [6.07, 6.45) is 4.69. The lowest BCUT2D eigenvalue weighted by Crippen LogP contribution is -2.37. The van der Waals surface area contributed by atoms with Crippen molar-refractivity contribution in [3.63, 3.8) is 0 Å². The third kappa shape index (κ3) is 4.84. The van der Waals surface area contributed by atoms with Gasteiger partial charge in [0.1, 0.15) is 12.1 Å². The van der Waals surface area contributed by atoms with Crippen molar-refractivity contribution < 1.29 is 19.0 Å². The molecular weight excluding hydrogens is 406 g/mol. The quantitative estimate of drug-likeness (QED) is 0.406. The average Bonchev–Trinajstić information content (AvgIpc) is 3.25. The minimum atomic E-state index is 0.543. The first-order chi connectivity index (χ1) is 14.8. The van der Waals surface area contributed by atoms with Crippen LogP contribution in [0.25, 0.3) is 10.9 Å². The maximum atomic E-state index is 10.9. The molecule has 30 heavy (non-hydrogen) atoms. The van der Waals surface area contributed by atoms with Gasteiger partial charge in [-0.15, -0.1) is 0 Å². The number of carbonyl (C=O) groups is 1. The van der Waals surface area contributed by atoms with Crippen molar-refractivity contribution >= 4 is 39.5 Å². The second-order valence-electron chi connectivity index (χ2n) is 6.71. The van der Waals surface area contributed by atoms with E-state index in [9.17, 15) is 4.79 Å². The number of rotatable bonds is 9. The number of methoxy groups -OCH3 is 1. The molecule has 3 heterocycles. The van der Waals surface area contributed by atoms with Crippen molar-refractivity contribution in [3.8, 4) is 11.5 Å². The third-order valence-corrected chi connectivity index (χ3v) is 5.60. The van der Waals surface area contributed by atoms with Crippen LogP contribution in [0.4, 0.5) is 10.9 Å². The van der Waals surface area contributed by atoms with Crippen LogP contribution in [-0.2, 0) is 4.74 Å². The Bertz CT molecular complexity index is 1010. The average molecular weight is 430 g/mol. The van der Waals surface area contributed by atoms with Gasteiger partial charge in [0.15, 0.2) is 22.9 Å². The van der Waals surface area contributed by atoms with Crippen LogP contribution in [0.1, 0.15) is 16.1 Å². The lowest BCUT2D eigenvalue weighted by molar-refractivity contribution is 0.0357. The number of thiazole rings is 1. The monoisotopic (exact) mass is 429 g/mol. The second kappa shape index (κ2) is 9.79. The van der Waals surface area contributed by atoms with E-state index in [0.717, 1.165) is 56.5 Å². The summed E-state index contributed by atoms with van der Waals surface area (Å²) >= 11 is 1.26. The fourth-order valence-corrected chi connectivity index (χ4v) is 3.86. The van der Waals surface area contributed by atoms with Crippen molar-refractivity contribution in [2.45, 2.75) is 6.42 Å². The molecule has 0 aliphatic carbocycles. The molecule has 1 fully saturated rings. The van der Waals surface area contributed by atoms with E-state index in [4.69, 9.17) is 14.2 Å². The van der Waals surface area contributed by atoms with Crippen LogP contribution in [0.2, 0.25) is 0 Å². The van der Waals surface area contributed by atoms with Crippen molar-refractivity contribution in [3.05, 3.63) is 29.5 Å². The number of hydrogen-bond donors (Lipinski definition) is 1. The summed E-state index contributed by atoms with van der Waals surface area (Å²) in [5.41, 5.74) is 0.726. The van der Waals surface area contributed by atoms with Crippen molar-refractivity contribution in [1.29, 1.82) is 0 Å². The highest BCUT2D eigenvalue weighted by molar-refractivity contribution is 7.17. The van der Waals surface area contributed by atoms with E-state index in [1.807, 2.05) is 12.1 Å². The van der Waals surface area contributed by atoms with Gasteiger partial charge in [0.25, 0.3) is 0 Å². The number of carbonyl (C=O) groups excluding carboxylic acids is 1. The Kier molecular flexibility index (Phi) is 6.67. The first kappa shape index (κ1) is 20.5. The standard InChI is InChI=1S/C20H23N5O4S/c1-27-17-9-15-16(10-18(17)29-6-2-3-25-4-7-28-8-5-25)22-13-23-19(15)24-20-21-11-14(12-26)30-20/h9-13H,2-8H2,1H3,(H,21,22,23,24). The zero-order valence-corrected chi connectivity index (χ0v) is 17.5. The number of nitrogens with zero attached hydrogens (tertiary/aromatic N) is 4. The SMILES string of the molecule is COc1cc2c(Nc3ncc(C=O)s3)ncnc2cc1OCCCN1CCOCC1. The first-order valence-electron chi connectivity index (χ1n) is 9.70. The molecule has 1 saturated heterocycles. The van der Waals surface area contributed by atoms with E-state index in [1.165, 1.54) is 23.9 Å². The molecule has 0 atom stereocenters. The summed E-state index contributed by atoms with van der Waals surface area (Å²) in [5, 5.41) is 4.51. The molecule has 4 rings (SSSR count). The molecule has 1 aromatic carbocycles. The van der Waals surface area contributed by atoms with Crippen molar-refractivity contribution in [1.82, 2.24) is 19.9 Å². The van der Waals surface area contributed by atoms with Gasteiger partial charge in [-0.2, -0.15) is 0 Å². The van der Waals surface area contributed by atoms with Crippen LogP contribution < -0.4 is 14.8 Å². The zero-order valence-electron chi connectivity index (χ0n) is 16.7. The van der Waals surface area contributed by atoms with Crippen LogP contribution in [0.3, 0.4) is 0 Å². The summed E-state index contributed by atoms with van der Waals surface area (Å²) in [6, 6.07) is 3.71. The Morgan fingerprint density at radius 3 is 2.87 bits per heavy atom. The van der Waals surface area contributed by atoms with Gasteiger partial charge >= 0.3 is 0 Å². The Morgan fingerprint density at radius 2 is 2.10 bits per heavy atom. The predicted molar refractivity (Wildman–Crippen MR) is 114 cm³/mol. The Labute approximate surface area is 178 Å².